The third-order valence-corrected chi connectivity index (χ3v) is 3.40. The van der Waals surface area contributed by atoms with Gasteiger partial charge in [0.2, 0.25) is 0 Å². The Kier molecular flexibility index (Phi) is 5.28. The zero-order chi connectivity index (χ0) is 12.8. The molecule has 1 unspecified atom stereocenters. The SMILES string of the molecule is CSCCC(C)N(C)C(=O)c1ccncc1O. The van der Waals surface area contributed by atoms with Crippen molar-refractivity contribution in [1.29, 1.82) is 0 Å². The maximum Gasteiger partial charge on any atom is 0.257 e. The molecule has 0 bridgehead atoms. The van der Waals surface area contributed by atoms with Crippen molar-refractivity contribution in [2.24, 2.45) is 0 Å². The van der Waals surface area contributed by atoms with Crippen molar-refractivity contribution in [2.45, 2.75) is 19.4 Å². The quantitative estimate of drug-likeness (QED) is 0.873. The van der Waals surface area contributed by atoms with E-state index < -0.39 is 0 Å². The largest absolute Gasteiger partial charge is 0.505 e. The molecule has 0 saturated heterocycles. The molecule has 1 atom stereocenters. The van der Waals surface area contributed by atoms with Crippen LogP contribution >= 0.6 is 11.8 Å². The first-order chi connectivity index (χ1) is 8.07. The van der Waals surface area contributed by atoms with Crippen LogP contribution in [0.5, 0.6) is 5.75 Å². The Bertz CT molecular complexity index is 385. The number of hydrogen-bond donors (Lipinski definition) is 1. The molecule has 0 aliphatic heterocycles. The Balaban J connectivity index is 2.73. The van der Waals surface area contributed by atoms with E-state index in [1.54, 1.807) is 23.7 Å². The number of thioether (sulfide) groups is 1. The Morgan fingerprint density at radius 3 is 2.94 bits per heavy atom. The highest BCUT2D eigenvalue weighted by Crippen LogP contribution is 2.18. The molecule has 1 amide bonds. The number of pyridine rings is 1. The van der Waals surface area contributed by atoms with Crippen LogP contribution in [0.15, 0.2) is 18.5 Å². The molecule has 0 saturated carbocycles. The van der Waals surface area contributed by atoms with Gasteiger partial charge in [-0.25, -0.2) is 0 Å². The molecule has 0 radical (unpaired) electrons. The monoisotopic (exact) mass is 254 g/mol. The third-order valence-electron chi connectivity index (χ3n) is 2.75. The molecular formula is C12H18N2O2S. The minimum Gasteiger partial charge on any atom is -0.505 e. The Morgan fingerprint density at radius 1 is 1.65 bits per heavy atom. The first-order valence-electron chi connectivity index (χ1n) is 5.47. The molecule has 1 heterocycles. The summed E-state index contributed by atoms with van der Waals surface area (Å²) in [5.74, 6) is 0.779. The van der Waals surface area contributed by atoms with E-state index >= 15 is 0 Å². The number of amides is 1. The lowest BCUT2D eigenvalue weighted by Crippen LogP contribution is -2.35. The molecule has 94 valence electrons. The van der Waals surface area contributed by atoms with Gasteiger partial charge in [0.15, 0.2) is 0 Å². The van der Waals surface area contributed by atoms with Crippen LogP contribution in [0.2, 0.25) is 0 Å². The Labute approximate surface area is 106 Å². The minimum absolute atomic E-state index is 0.0681. The van der Waals surface area contributed by atoms with Gasteiger partial charge >= 0.3 is 0 Å². The van der Waals surface area contributed by atoms with Crippen molar-refractivity contribution in [2.75, 3.05) is 19.1 Å². The van der Waals surface area contributed by atoms with Gasteiger partial charge in [0.1, 0.15) is 5.75 Å². The zero-order valence-corrected chi connectivity index (χ0v) is 11.2. The molecule has 0 spiro atoms. The fourth-order valence-corrected chi connectivity index (χ4v) is 2.02. The van der Waals surface area contributed by atoms with Crippen LogP contribution < -0.4 is 0 Å². The molecule has 0 aromatic carbocycles. The molecule has 1 aromatic rings. The average Bonchev–Trinajstić information content (AvgIpc) is 2.34. The van der Waals surface area contributed by atoms with Gasteiger partial charge in [0, 0.05) is 19.3 Å². The van der Waals surface area contributed by atoms with Gasteiger partial charge in [-0.05, 0) is 31.4 Å². The molecular weight excluding hydrogens is 236 g/mol. The topological polar surface area (TPSA) is 53.4 Å². The molecule has 4 nitrogen and oxygen atoms in total. The van der Waals surface area contributed by atoms with E-state index in [2.05, 4.69) is 4.98 Å². The maximum atomic E-state index is 12.1. The average molecular weight is 254 g/mol. The van der Waals surface area contributed by atoms with Crippen molar-refractivity contribution in [1.82, 2.24) is 9.88 Å². The standard InChI is InChI=1S/C12H18N2O2S/c1-9(5-7-17-3)14(2)12(16)10-4-6-13-8-11(10)15/h4,6,8-9,15H,5,7H2,1-3H3. The summed E-state index contributed by atoms with van der Waals surface area (Å²) in [5, 5.41) is 9.57. The van der Waals surface area contributed by atoms with Crippen molar-refractivity contribution >= 4 is 17.7 Å². The van der Waals surface area contributed by atoms with E-state index in [0.29, 0.717) is 5.56 Å². The smallest absolute Gasteiger partial charge is 0.257 e. The number of rotatable bonds is 5. The summed E-state index contributed by atoms with van der Waals surface area (Å²) < 4.78 is 0. The fraction of sp³-hybridized carbons (Fsp3) is 0.500. The molecule has 0 fully saturated rings. The summed E-state index contributed by atoms with van der Waals surface area (Å²) in [5.41, 5.74) is 0.304. The summed E-state index contributed by atoms with van der Waals surface area (Å²) in [4.78, 5) is 17.5. The van der Waals surface area contributed by atoms with Gasteiger partial charge in [0.05, 0.1) is 11.8 Å². The minimum atomic E-state index is -0.168. The van der Waals surface area contributed by atoms with Gasteiger partial charge in [-0.15, -0.1) is 0 Å². The lowest BCUT2D eigenvalue weighted by molar-refractivity contribution is 0.0738. The Hall–Kier alpha value is -1.23. The highest BCUT2D eigenvalue weighted by Gasteiger charge is 2.19. The second-order valence-electron chi connectivity index (χ2n) is 3.94. The van der Waals surface area contributed by atoms with Crippen molar-refractivity contribution in [3.8, 4) is 5.75 Å². The van der Waals surface area contributed by atoms with E-state index in [1.165, 1.54) is 18.5 Å². The van der Waals surface area contributed by atoms with E-state index in [1.807, 2.05) is 13.2 Å². The van der Waals surface area contributed by atoms with Gasteiger partial charge in [-0.2, -0.15) is 11.8 Å². The molecule has 17 heavy (non-hydrogen) atoms. The molecule has 1 rings (SSSR count). The predicted molar refractivity (Wildman–Crippen MR) is 70.5 cm³/mol. The molecule has 0 aliphatic rings. The van der Waals surface area contributed by atoms with Gasteiger partial charge in [-0.3, -0.25) is 9.78 Å². The van der Waals surface area contributed by atoms with Crippen LogP contribution in [0.25, 0.3) is 0 Å². The lowest BCUT2D eigenvalue weighted by atomic mass is 10.1. The van der Waals surface area contributed by atoms with E-state index in [4.69, 9.17) is 0 Å². The summed E-state index contributed by atoms with van der Waals surface area (Å²) >= 11 is 1.76. The van der Waals surface area contributed by atoms with Crippen molar-refractivity contribution < 1.29 is 9.90 Å². The van der Waals surface area contributed by atoms with E-state index in [-0.39, 0.29) is 17.7 Å². The van der Waals surface area contributed by atoms with Crippen LogP contribution in [0, 0.1) is 0 Å². The predicted octanol–water partition coefficient (Wildman–Crippen LogP) is 2.00. The first kappa shape index (κ1) is 13.8. The number of hydrogen-bond acceptors (Lipinski definition) is 4. The lowest BCUT2D eigenvalue weighted by Gasteiger charge is -2.25. The van der Waals surface area contributed by atoms with Crippen molar-refractivity contribution in [3.05, 3.63) is 24.0 Å². The summed E-state index contributed by atoms with van der Waals surface area (Å²) in [6, 6.07) is 1.69. The summed E-state index contributed by atoms with van der Waals surface area (Å²) in [6.45, 7) is 2.01. The van der Waals surface area contributed by atoms with E-state index in [9.17, 15) is 9.90 Å². The Morgan fingerprint density at radius 2 is 2.35 bits per heavy atom. The van der Waals surface area contributed by atoms with Crippen LogP contribution in [-0.2, 0) is 0 Å². The summed E-state index contributed by atoms with van der Waals surface area (Å²) in [6.07, 6.45) is 5.78. The van der Waals surface area contributed by atoms with Crippen LogP contribution in [-0.4, -0.2) is 46.0 Å². The normalized spacial score (nSPS) is 12.2. The molecule has 1 aromatic heterocycles. The number of aromatic nitrogens is 1. The van der Waals surface area contributed by atoms with Crippen LogP contribution in [0.4, 0.5) is 0 Å². The molecule has 5 heteroatoms. The second-order valence-corrected chi connectivity index (χ2v) is 4.92. The van der Waals surface area contributed by atoms with Gasteiger partial charge in [-0.1, -0.05) is 0 Å². The highest BCUT2D eigenvalue weighted by molar-refractivity contribution is 7.98. The molecule has 0 aliphatic carbocycles. The van der Waals surface area contributed by atoms with Crippen LogP contribution in [0.1, 0.15) is 23.7 Å². The third kappa shape index (κ3) is 3.63. The van der Waals surface area contributed by atoms with Crippen molar-refractivity contribution in [3.63, 3.8) is 0 Å². The highest BCUT2D eigenvalue weighted by atomic mass is 32.2. The first-order valence-corrected chi connectivity index (χ1v) is 6.86. The maximum absolute atomic E-state index is 12.1. The van der Waals surface area contributed by atoms with Gasteiger partial charge in [0.25, 0.3) is 5.91 Å². The zero-order valence-electron chi connectivity index (χ0n) is 10.4. The van der Waals surface area contributed by atoms with Crippen LogP contribution in [0.3, 0.4) is 0 Å². The number of carbonyl (C=O) groups is 1. The van der Waals surface area contributed by atoms with Gasteiger partial charge < -0.3 is 10.0 Å². The molecule has 1 N–H and O–H groups in total. The number of aromatic hydroxyl groups is 1. The summed E-state index contributed by atoms with van der Waals surface area (Å²) in [7, 11) is 1.76. The number of nitrogens with zero attached hydrogens (tertiary/aromatic N) is 2. The number of carbonyl (C=O) groups excluding carboxylic acids is 1. The second kappa shape index (κ2) is 6.49. The fourth-order valence-electron chi connectivity index (χ4n) is 1.44. The van der Waals surface area contributed by atoms with E-state index in [0.717, 1.165) is 12.2 Å².